The molecular formula is C11H16F2N2O. The fourth-order valence-electron chi connectivity index (χ4n) is 1.34. The summed E-state index contributed by atoms with van der Waals surface area (Å²) in [5, 5.41) is 4.06. The third-order valence-electron chi connectivity index (χ3n) is 2.22. The first-order chi connectivity index (χ1) is 7.21. The molecule has 90 valence electrons. The highest BCUT2D eigenvalue weighted by atomic mass is 19.3. The number of carbonyl (C=O) groups is 1. The van der Waals surface area contributed by atoms with Crippen molar-refractivity contribution in [1.29, 1.82) is 0 Å². The van der Waals surface area contributed by atoms with Crippen molar-refractivity contribution in [3.63, 3.8) is 0 Å². The Labute approximate surface area is 93.5 Å². The van der Waals surface area contributed by atoms with Gasteiger partial charge in [0, 0.05) is 12.3 Å². The molecule has 1 aromatic heterocycles. The van der Waals surface area contributed by atoms with E-state index < -0.39 is 13.0 Å². The molecular weight excluding hydrogens is 214 g/mol. The van der Waals surface area contributed by atoms with Crippen molar-refractivity contribution >= 4 is 5.78 Å². The van der Waals surface area contributed by atoms with E-state index in [4.69, 9.17) is 0 Å². The Morgan fingerprint density at radius 1 is 1.50 bits per heavy atom. The normalized spacial score (nSPS) is 12.2. The third kappa shape index (κ3) is 2.87. The van der Waals surface area contributed by atoms with Crippen molar-refractivity contribution in [2.75, 3.05) is 0 Å². The predicted octanol–water partition coefficient (Wildman–Crippen LogP) is 2.65. The van der Waals surface area contributed by atoms with E-state index in [9.17, 15) is 13.6 Å². The summed E-state index contributed by atoms with van der Waals surface area (Å²) >= 11 is 0. The molecule has 0 amide bonds. The maximum atomic E-state index is 12.3. The van der Waals surface area contributed by atoms with Crippen LogP contribution in [-0.4, -0.2) is 22.0 Å². The molecule has 0 atom stereocenters. The molecule has 16 heavy (non-hydrogen) atoms. The van der Waals surface area contributed by atoms with Crippen LogP contribution in [0, 0.1) is 0 Å². The van der Waals surface area contributed by atoms with Gasteiger partial charge in [0.25, 0.3) is 6.43 Å². The largest absolute Gasteiger partial charge is 0.293 e. The second kappa shape index (κ2) is 4.31. The van der Waals surface area contributed by atoms with E-state index in [1.807, 2.05) is 20.8 Å². The van der Waals surface area contributed by atoms with E-state index >= 15 is 0 Å². The second-order valence-electron chi connectivity index (χ2n) is 4.79. The molecule has 0 spiro atoms. The maximum Gasteiger partial charge on any atom is 0.257 e. The van der Waals surface area contributed by atoms with Crippen molar-refractivity contribution in [3.8, 4) is 0 Å². The minimum atomic E-state index is -2.51. The Bertz CT molecular complexity index is 391. The van der Waals surface area contributed by atoms with Gasteiger partial charge in [0.05, 0.1) is 5.69 Å². The highest BCUT2D eigenvalue weighted by Crippen LogP contribution is 2.22. The van der Waals surface area contributed by atoms with Crippen LogP contribution in [0.2, 0.25) is 0 Å². The number of hydrogen-bond acceptors (Lipinski definition) is 2. The lowest BCUT2D eigenvalue weighted by molar-refractivity contribution is 0.0980. The van der Waals surface area contributed by atoms with Crippen LogP contribution in [0.25, 0.3) is 0 Å². The van der Waals surface area contributed by atoms with Crippen molar-refractivity contribution in [1.82, 2.24) is 9.78 Å². The van der Waals surface area contributed by atoms with Gasteiger partial charge in [0.15, 0.2) is 5.78 Å². The number of nitrogens with zero attached hydrogens (tertiary/aromatic N) is 2. The number of ketones is 1. The van der Waals surface area contributed by atoms with E-state index in [2.05, 4.69) is 5.10 Å². The Kier molecular flexibility index (Phi) is 3.45. The fraction of sp³-hybridized carbons (Fsp3) is 0.636. The zero-order chi connectivity index (χ0) is 12.5. The molecule has 3 nitrogen and oxygen atoms in total. The molecule has 0 N–H and O–H groups in total. The van der Waals surface area contributed by atoms with Crippen molar-refractivity contribution in [3.05, 3.63) is 17.5 Å². The number of halogens is 2. The average molecular weight is 230 g/mol. The molecule has 0 unspecified atom stereocenters. The van der Waals surface area contributed by atoms with E-state index in [0.717, 1.165) is 4.68 Å². The van der Waals surface area contributed by atoms with Gasteiger partial charge < -0.3 is 0 Å². The van der Waals surface area contributed by atoms with Gasteiger partial charge in [-0.3, -0.25) is 9.48 Å². The highest BCUT2D eigenvalue weighted by molar-refractivity contribution is 5.92. The quantitative estimate of drug-likeness (QED) is 0.748. The van der Waals surface area contributed by atoms with E-state index in [-0.39, 0.29) is 16.9 Å². The van der Waals surface area contributed by atoms with Crippen molar-refractivity contribution < 1.29 is 13.6 Å². The summed E-state index contributed by atoms with van der Waals surface area (Å²) in [5.41, 5.74) is 0.640. The standard InChI is InChI=1S/C11H16F2N2O/c1-7(16)8-5-9(11(2,3)4)14-15(8)6-10(12)13/h5,10H,6H2,1-4H3. The molecule has 0 fully saturated rings. The number of rotatable bonds is 3. The van der Waals surface area contributed by atoms with E-state index in [1.54, 1.807) is 6.07 Å². The SMILES string of the molecule is CC(=O)c1cc(C(C)(C)C)nn1CC(F)F. The summed E-state index contributed by atoms with van der Waals surface area (Å²) in [6, 6.07) is 1.59. The average Bonchev–Trinajstić information content (AvgIpc) is 2.45. The van der Waals surface area contributed by atoms with Crippen LogP contribution in [0.1, 0.15) is 43.9 Å². The van der Waals surface area contributed by atoms with Crippen LogP contribution < -0.4 is 0 Å². The number of aromatic nitrogens is 2. The molecule has 0 aliphatic heterocycles. The van der Waals surface area contributed by atoms with Crippen molar-refractivity contribution in [2.45, 2.75) is 46.1 Å². The smallest absolute Gasteiger partial charge is 0.257 e. The number of hydrogen-bond donors (Lipinski definition) is 0. The fourth-order valence-corrected chi connectivity index (χ4v) is 1.34. The van der Waals surface area contributed by atoms with Gasteiger partial charge in [-0.15, -0.1) is 0 Å². The summed E-state index contributed by atoms with van der Waals surface area (Å²) in [7, 11) is 0. The topological polar surface area (TPSA) is 34.9 Å². The first-order valence-electron chi connectivity index (χ1n) is 5.09. The molecule has 1 heterocycles. The number of Topliss-reactive ketones (excluding diaryl/α,β-unsaturated/α-hetero) is 1. The summed E-state index contributed by atoms with van der Waals surface area (Å²) in [4.78, 5) is 11.3. The van der Waals surface area contributed by atoms with Crippen LogP contribution in [0.3, 0.4) is 0 Å². The lowest BCUT2D eigenvalue weighted by atomic mass is 9.92. The summed E-state index contributed by atoms with van der Waals surface area (Å²) in [6.07, 6.45) is -2.51. The molecule has 0 saturated carbocycles. The number of alkyl halides is 2. The minimum absolute atomic E-state index is 0.241. The molecule has 0 saturated heterocycles. The van der Waals surface area contributed by atoms with Crippen LogP contribution in [0.15, 0.2) is 6.07 Å². The highest BCUT2D eigenvalue weighted by Gasteiger charge is 2.22. The molecule has 0 aliphatic carbocycles. The lowest BCUT2D eigenvalue weighted by Crippen LogP contribution is -2.16. The van der Waals surface area contributed by atoms with E-state index in [1.165, 1.54) is 6.92 Å². The van der Waals surface area contributed by atoms with Gasteiger partial charge in [-0.2, -0.15) is 5.10 Å². The zero-order valence-electron chi connectivity index (χ0n) is 9.92. The van der Waals surface area contributed by atoms with Crippen LogP contribution >= 0.6 is 0 Å². The molecule has 0 aromatic carbocycles. The Morgan fingerprint density at radius 3 is 2.44 bits per heavy atom. The first kappa shape index (κ1) is 12.8. The van der Waals surface area contributed by atoms with Crippen molar-refractivity contribution in [2.24, 2.45) is 0 Å². The molecule has 0 radical (unpaired) electrons. The predicted molar refractivity (Wildman–Crippen MR) is 56.9 cm³/mol. The zero-order valence-corrected chi connectivity index (χ0v) is 9.92. The summed E-state index contributed by atoms with van der Waals surface area (Å²) in [5.74, 6) is -0.247. The monoisotopic (exact) mass is 230 g/mol. The molecule has 1 aromatic rings. The van der Waals surface area contributed by atoms with Gasteiger partial charge in [-0.05, 0) is 6.07 Å². The molecule has 5 heteroatoms. The maximum absolute atomic E-state index is 12.3. The van der Waals surface area contributed by atoms with Gasteiger partial charge in [-0.1, -0.05) is 20.8 Å². The molecule has 0 bridgehead atoms. The van der Waals surface area contributed by atoms with Gasteiger partial charge in [-0.25, -0.2) is 8.78 Å². The molecule has 1 rings (SSSR count). The Morgan fingerprint density at radius 2 is 2.06 bits per heavy atom. The third-order valence-corrected chi connectivity index (χ3v) is 2.22. The van der Waals surface area contributed by atoms with Gasteiger partial charge in [0.1, 0.15) is 12.2 Å². The summed E-state index contributed by atoms with van der Waals surface area (Å²) < 4.78 is 25.7. The first-order valence-corrected chi connectivity index (χ1v) is 5.09. The van der Waals surface area contributed by atoms with Crippen LogP contribution in [-0.2, 0) is 12.0 Å². The minimum Gasteiger partial charge on any atom is -0.293 e. The van der Waals surface area contributed by atoms with Gasteiger partial charge in [0.2, 0.25) is 0 Å². The van der Waals surface area contributed by atoms with Crippen LogP contribution in [0.4, 0.5) is 8.78 Å². The Balaban J connectivity index is 3.15. The van der Waals surface area contributed by atoms with Gasteiger partial charge >= 0.3 is 0 Å². The molecule has 0 aliphatic rings. The Hall–Kier alpha value is -1.26. The van der Waals surface area contributed by atoms with E-state index in [0.29, 0.717) is 5.69 Å². The summed E-state index contributed by atoms with van der Waals surface area (Å²) in [6.45, 7) is 6.58. The second-order valence-corrected chi connectivity index (χ2v) is 4.79. The number of carbonyl (C=O) groups excluding carboxylic acids is 1. The lowest BCUT2D eigenvalue weighted by Gasteiger charge is -2.14. The van der Waals surface area contributed by atoms with Crippen LogP contribution in [0.5, 0.6) is 0 Å².